The Morgan fingerprint density at radius 3 is 2.67 bits per heavy atom. The molecule has 0 saturated heterocycles. The van der Waals surface area contributed by atoms with E-state index in [0.29, 0.717) is 23.3 Å². The zero-order valence-corrected chi connectivity index (χ0v) is 24.2. The van der Waals surface area contributed by atoms with E-state index in [4.69, 9.17) is 9.47 Å². The van der Waals surface area contributed by atoms with Gasteiger partial charge in [-0.15, -0.1) is 0 Å². The van der Waals surface area contributed by atoms with Crippen molar-refractivity contribution in [3.05, 3.63) is 42.7 Å². The molecule has 2 aromatic rings. The van der Waals surface area contributed by atoms with Gasteiger partial charge in [0.05, 0.1) is 23.1 Å². The smallest absolute Gasteiger partial charge is 0.315 e. The van der Waals surface area contributed by atoms with Crippen molar-refractivity contribution in [3.8, 4) is 16.9 Å². The number of benzene rings is 1. The SMILES string of the molecule is C[C@@H]1COc2ccccc2-c2cncc(c2)S(=O)(=O)CCCC[C@H](NC(=O)NCCC(=O)OC(C)(C)C)C(=O)N1. The Morgan fingerprint density at radius 1 is 1.18 bits per heavy atom. The van der Waals surface area contributed by atoms with Crippen LogP contribution in [0.1, 0.15) is 53.4 Å². The zero-order chi connectivity index (χ0) is 29.3. The first kappa shape index (κ1) is 30.9. The first-order chi connectivity index (χ1) is 18.8. The van der Waals surface area contributed by atoms with Gasteiger partial charge in [0.2, 0.25) is 5.91 Å². The van der Waals surface area contributed by atoms with Gasteiger partial charge in [0.15, 0.2) is 9.84 Å². The van der Waals surface area contributed by atoms with Gasteiger partial charge in [-0.3, -0.25) is 14.6 Å². The highest BCUT2D eigenvalue weighted by Crippen LogP contribution is 2.31. The Morgan fingerprint density at radius 2 is 1.93 bits per heavy atom. The fraction of sp³-hybridized carbons (Fsp3) is 0.500. The predicted octanol–water partition coefficient (Wildman–Crippen LogP) is 2.99. The van der Waals surface area contributed by atoms with Crippen LogP contribution >= 0.6 is 0 Å². The molecule has 0 saturated carbocycles. The molecule has 1 aromatic heterocycles. The molecular formula is C28H38N4O7S. The van der Waals surface area contributed by atoms with Crippen LogP contribution in [0.2, 0.25) is 0 Å². The number of amides is 3. The first-order valence-electron chi connectivity index (χ1n) is 13.3. The molecule has 0 radical (unpaired) electrons. The van der Waals surface area contributed by atoms with Crippen LogP contribution in [0.3, 0.4) is 0 Å². The molecule has 3 N–H and O–H groups in total. The summed E-state index contributed by atoms with van der Waals surface area (Å²) >= 11 is 0. The zero-order valence-electron chi connectivity index (χ0n) is 23.4. The maximum Gasteiger partial charge on any atom is 0.315 e. The summed E-state index contributed by atoms with van der Waals surface area (Å²) in [5.74, 6) is -0.488. The third-order valence-electron chi connectivity index (χ3n) is 5.96. The lowest BCUT2D eigenvalue weighted by Gasteiger charge is -2.23. The van der Waals surface area contributed by atoms with Crippen LogP contribution in [-0.4, -0.2) is 67.9 Å². The molecule has 3 amide bonds. The van der Waals surface area contributed by atoms with Crippen molar-refractivity contribution < 1.29 is 32.3 Å². The monoisotopic (exact) mass is 574 g/mol. The Bertz CT molecular complexity index is 1310. The average molecular weight is 575 g/mol. The lowest BCUT2D eigenvalue weighted by Crippen LogP contribution is -2.52. The van der Waals surface area contributed by atoms with E-state index >= 15 is 0 Å². The van der Waals surface area contributed by atoms with Gasteiger partial charge in [0, 0.05) is 30.1 Å². The topological polar surface area (TPSA) is 153 Å². The van der Waals surface area contributed by atoms with Crippen molar-refractivity contribution in [1.82, 2.24) is 20.9 Å². The molecule has 1 aromatic carbocycles. The molecule has 2 atom stereocenters. The summed E-state index contributed by atoms with van der Waals surface area (Å²) in [4.78, 5) is 41.8. The molecule has 218 valence electrons. The van der Waals surface area contributed by atoms with E-state index < -0.39 is 45.4 Å². The van der Waals surface area contributed by atoms with Crippen LogP contribution in [0.5, 0.6) is 5.75 Å². The highest BCUT2D eigenvalue weighted by Gasteiger charge is 2.24. The van der Waals surface area contributed by atoms with Crippen LogP contribution in [-0.2, 0) is 24.2 Å². The number of hydrogen-bond donors (Lipinski definition) is 3. The van der Waals surface area contributed by atoms with E-state index in [9.17, 15) is 22.8 Å². The van der Waals surface area contributed by atoms with Gasteiger partial charge in [-0.2, -0.15) is 0 Å². The summed E-state index contributed by atoms with van der Waals surface area (Å²) in [7, 11) is -3.63. The van der Waals surface area contributed by atoms with Gasteiger partial charge in [-0.25, -0.2) is 13.2 Å². The average Bonchev–Trinajstić information content (AvgIpc) is 2.88. The second-order valence-corrected chi connectivity index (χ2v) is 12.8. The summed E-state index contributed by atoms with van der Waals surface area (Å²) in [6.07, 6.45) is 3.77. The lowest BCUT2D eigenvalue weighted by molar-refractivity contribution is -0.154. The second kappa shape index (κ2) is 13.6. The van der Waals surface area contributed by atoms with Gasteiger partial charge in [0.1, 0.15) is 24.0 Å². The van der Waals surface area contributed by atoms with Crippen LogP contribution in [0.25, 0.3) is 11.1 Å². The first-order valence-corrected chi connectivity index (χ1v) is 15.0. The van der Waals surface area contributed by atoms with Crippen LogP contribution in [0.15, 0.2) is 47.6 Å². The number of pyridine rings is 1. The third kappa shape index (κ3) is 9.51. The van der Waals surface area contributed by atoms with E-state index in [1.165, 1.54) is 6.20 Å². The van der Waals surface area contributed by atoms with Gasteiger partial charge < -0.3 is 25.4 Å². The molecule has 1 aliphatic heterocycles. The highest BCUT2D eigenvalue weighted by atomic mass is 32.2. The number of ether oxygens (including phenoxy) is 2. The van der Waals surface area contributed by atoms with Crippen molar-refractivity contribution in [1.29, 1.82) is 0 Å². The Hall–Kier alpha value is -3.67. The fourth-order valence-corrected chi connectivity index (χ4v) is 5.42. The lowest BCUT2D eigenvalue weighted by atomic mass is 10.1. The summed E-state index contributed by atoms with van der Waals surface area (Å²) in [5.41, 5.74) is 0.666. The molecule has 0 fully saturated rings. The number of fused-ring (bicyclic) bond motifs is 4. The molecule has 3 rings (SSSR count). The van der Waals surface area contributed by atoms with E-state index in [1.54, 1.807) is 52.1 Å². The molecular weight excluding hydrogens is 536 g/mol. The number of esters is 1. The van der Waals surface area contributed by atoms with Crippen LogP contribution < -0.4 is 20.7 Å². The van der Waals surface area contributed by atoms with Gasteiger partial charge in [-0.05, 0) is 59.1 Å². The molecule has 40 heavy (non-hydrogen) atoms. The van der Waals surface area contributed by atoms with Gasteiger partial charge in [-0.1, -0.05) is 18.2 Å². The molecule has 2 heterocycles. The summed E-state index contributed by atoms with van der Waals surface area (Å²) in [5, 5.41) is 8.07. The predicted molar refractivity (Wildman–Crippen MR) is 149 cm³/mol. The minimum atomic E-state index is -3.63. The minimum absolute atomic E-state index is 0.0225. The highest BCUT2D eigenvalue weighted by molar-refractivity contribution is 7.91. The molecule has 0 unspecified atom stereocenters. The van der Waals surface area contributed by atoms with Crippen molar-refractivity contribution >= 4 is 27.7 Å². The quantitative estimate of drug-likeness (QED) is 0.471. The second-order valence-electron chi connectivity index (χ2n) is 10.7. The summed E-state index contributed by atoms with van der Waals surface area (Å²) in [6, 6.07) is 6.86. The summed E-state index contributed by atoms with van der Waals surface area (Å²) < 4.78 is 37.3. The van der Waals surface area contributed by atoms with Gasteiger partial charge >= 0.3 is 12.0 Å². The maximum absolute atomic E-state index is 13.1. The number of hydrogen-bond acceptors (Lipinski definition) is 8. The molecule has 0 aliphatic carbocycles. The van der Waals surface area contributed by atoms with E-state index in [2.05, 4.69) is 20.9 Å². The van der Waals surface area contributed by atoms with Crippen molar-refractivity contribution in [2.45, 2.75) is 76.0 Å². The van der Waals surface area contributed by atoms with Gasteiger partial charge in [0.25, 0.3) is 0 Å². The number of sulfone groups is 1. The Labute approximate surface area is 235 Å². The normalized spacial score (nSPS) is 19.8. The summed E-state index contributed by atoms with van der Waals surface area (Å²) in [6.45, 7) is 7.22. The number of rotatable bonds is 4. The molecule has 1 aliphatic rings. The number of para-hydroxylation sites is 1. The molecule has 0 spiro atoms. The number of carbonyl (C=O) groups is 3. The van der Waals surface area contributed by atoms with Crippen molar-refractivity contribution in [3.63, 3.8) is 0 Å². The minimum Gasteiger partial charge on any atom is -0.491 e. The Kier molecular flexibility index (Phi) is 10.5. The van der Waals surface area contributed by atoms with Crippen molar-refractivity contribution in [2.75, 3.05) is 18.9 Å². The van der Waals surface area contributed by atoms with E-state index in [0.717, 1.165) is 0 Å². The van der Waals surface area contributed by atoms with E-state index in [-0.39, 0.29) is 43.1 Å². The van der Waals surface area contributed by atoms with Crippen LogP contribution in [0.4, 0.5) is 4.79 Å². The Balaban J connectivity index is 1.72. The standard InChI is InChI=1S/C28H38N4O7S/c1-19-18-38-24-11-6-5-9-22(24)20-15-21(17-29-16-20)40(36,37)14-8-7-10-23(26(34)31-19)32-27(35)30-13-12-25(33)39-28(2,3)4/h5-6,9,11,15-17,19,23H,7-8,10,12-14,18H2,1-4H3,(H,31,34)(H2,30,32,35)/t19-,23+/m1/s1. The largest absolute Gasteiger partial charge is 0.491 e. The van der Waals surface area contributed by atoms with Crippen molar-refractivity contribution in [2.24, 2.45) is 0 Å². The number of nitrogens with zero attached hydrogens (tertiary/aromatic N) is 1. The molecule has 2 bridgehead atoms. The fourth-order valence-electron chi connectivity index (χ4n) is 4.07. The third-order valence-corrected chi connectivity index (χ3v) is 7.73. The molecule has 12 heteroatoms. The number of aromatic nitrogens is 1. The number of carbonyl (C=O) groups excluding carboxylic acids is 3. The van der Waals surface area contributed by atoms with Crippen LogP contribution in [0, 0.1) is 0 Å². The number of nitrogens with one attached hydrogen (secondary N) is 3. The maximum atomic E-state index is 13.1. The molecule has 11 nitrogen and oxygen atoms in total. The number of urea groups is 1. The van der Waals surface area contributed by atoms with E-state index in [1.807, 2.05) is 12.1 Å².